The Labute approximate surface area is 87.7 Å². The highest BCUT2D eigenvalue weighted by atomic mass is 32.1. The lowest BCUT2D eigenvalue weighted by atomic mass is 9.98. The second kappa shape index (κ2) is 6.47. The molecule has 1 atom stereocenters. The summed E-state index contributed by atoms with van der Waals surface area (Å²) >= 11 is 4.36. The number of carbonyl (C=O) groups is 1. The maximum absolute atomic E-state index is 11.1. The predicted molar refractivity (Wildman–Crippen MR) is 61.4 cm³/mol. The Hall–Kier alpha value is 0.0200. The molecule has 0 unspecified atom stereocenters. The van der Waals surface area contributed by atoms with E-state index in [0.717, 1.165) is 12.8 Å². The monoisotopic (exact) mass is 202 g/mol. The number of rotatable bonds is 7. The van der Waals surface area contributed by atoms with Crippen LogP contribution in [0.15, 0.2) is 0 Å². The first-order chi connectivity index (χ1) is 6.00. The molecule has 1 nitrogen and oxygen atoms in total. The van der Waals surface area contributed by atoms with Gasteiger partial charge >= 0.3 is 0 Å². The van der Waals surface area contributed by atoms with E-state index in [0.29, 0.717) is 0 Å². The molecule has 78 valence electrons. The summed E-state index contributed by atoms with van der Waals surface area (Å²) in [5, 5.41) is 0. The molecule has 0 aliphatic carbocycles. The zero-order valence-corrected chi connectivity index (χ0v) is 9.99. The van der Waals surface area contributed by atoms with Crippen LogP contribution in [-0.2, 0) is 4.79 Å². The third kappa shape index (κ3) is 6.14. The molecule has 0 bridgehead atoms. The summed E-state index contributed by atoms with van der Waals surface area (Å²) in [5.74, 6) is 0.186. The smallest absolute Gasteiger partial charge is 0.145 e. The van der Waals surface area contributed by atoms with Crippen LogP contribution >= 0.6 is 12.6 Å². The lowest BCUT2D eigenvalue weighted by Gasteiger charge is -2.19. The average Bonchev–Trinajstić information content (AvgIpc) is 2.03. The minimum absolute atomic E-state index is 0.186. The van der Waals surface area contributed by atoms with Crippen LogP contribution in [0.5, 0.6) is 0 Å². The van der Waals surface area contributed by atoms with Crippen LogP contribution in [0.2, 0.25) is 0 Å². The summed E-state index contributed by atoms with van der Waals surface area (Å²) in [6.45, 7) is 5.75. The van der Waals surface area contributed by atoms with Crippen LogP contribution in [0.25, 0.3) is 0 Å². The highest BCUT2D eigenvalue weighted by Gasteiger charge is 2.23. The molecule has 0 aromatic carbocycles. The van der Waals surface area contributed by atoms with Crippen LogP contribution in [0.4, 0.5) is 0 Å². The largest absolute Gasteiger partial charge is 0.298 e. The van der Waals surface area contributed by atoms with Crippen LogP contribution in [0, 0.1) is 0 Å². The second-order valence-electron chi connectivity index (χ2n) is 3.99. The van der Waals surface area contributed by atoms with Gasteiger partial charge in [-0.15, -0.1) is 0 Å². The fourth-order valence-electron chi connectivity index (χ4n) is 1.25. The van der Waals surface area contributed by atoms with Crippen molar-refractivity contribution in [2.75, 3.05) is 0 Å². The van der Waals surface area contributed by atoms with Crippen molar-refractivity contribution in [3.63, 3.8) is 0 Å². The Kier molecular flexibility index (Phi) is 6.48. The molecule has 2 heteroatoms. The second-order valence-corrected chi connectivity index (χ2v) is 4.98. The van der Waals surface area contributed by atoms with Gasteiger partial charge in [0.2, 0.25) is 0 Å². The van der Waals surface area contributed by atoms with E-state index in [-0.39, 0.29) is 5.78 Å². The van der Waals surface area contributed by atoms with Crippen molar-refractivity contribution < 1.29 is 4.79 Å². The molecule has 0 rings (SSSR count). The molecule has 0 saturated carbocycles. The molecule has 0 spiro atoms. The quantitative estimate of drug-likeness (QED) is 0.493. The lowest BCUT2D eigenvalue weighted by Crippen LogP contribution is -2.26. The molecule has 0 aliphatic rings. The van der Waals surface area contributed by atoms with E-state index in [2.05, 4.69) is 19.6 Å². The molecule has 0 radical (unpaired) electrons. The van der Waals surface area contributed by atoms with E-state index in [1.165, 1.54) is 25.7 Å². The fraction of sp³-hybridized carbons (Fsp3) is 0.909. The molecule has 0 saturated heterocycles. The van der Waals surface area contributed by atoms with Gasteiger partial charge in [-0.05, 0) is 20.3 Å². The predicted octanol–water partition coefficient (Wildman–Crippen LogP) is 3.62. The first-order valence-corrected chi connectivity index (χ1v) is 5.69. The van der Waals surface area contributed by atoms with E-state index in [9.17, 15) is 4.79 Å². The minimum atomic E-state index is -0.397. The van der Waals surface area contributed by atoms with E-state index in [4.69, 9.17) is 0 Å². The van der Waals surface area contributed by atoms with Crippen LogP contribution < -0.4 is 0 Å². The van der Waals surface area contributed by atoms with Crippen molar-refractivity contribution >= 4 is 18.4 Å². The van der Waals surface area contributed by atoms with E-state index in [1.807, 2.05) is 6.92 Å². The molecular formula is C11H22OS. The summed E-state index contributed by atoms with van der Waals surface area (Å²) < 4.78 is -0.397. The summed E-state index contributed by atoms with van der Waals surface area (Å²) in [7, 11) is 0. The highest BCUT2D eigenvalue weighted by Crippen LogP contribution is 2.23. The van der Waals surface area contributed by atoms with Crippen molar-refractivity contribution in [1.82, 2.24) is 0 Å². The minimum Gasteiger partial charge on any atom is -0.298 e. The Morgan fingerprint density at radius 3 is 2.23 bits per heavy atom. The SMILES string of the molecule is CCCCCCC[C@](C)(S)C(C)=O. The number of unbranched alkanes of at least 4 members (excludes halogenated alkanes) is 4. The Balaban J connectivity index is 3.46. The number of carbonyl (C=O) groups excluding carboxylic acids is 1. The van der Waals surface area contributed by atoms with Crippen molar-refractivity contribution in [3.8, 4) is 0 Å². The highest BCUT2D eigenvalue weighted by molar-refractivity contribution is 7.82. The average molecular weight is 202 g/mol. The standard InChI is InChI=1S/C11H22OS/c1-4-5-6-7-8-9-11(3,13)10(2)12/h13H,4-9H2,1-3H3/t11-/m0/s1. The third-order valence-electron chi connectivity index (χ3n) is 2.53. The topological polar surface area (TPSA) is 17.1 Å². The van der Waals surface area contributed by atoms with Gasteiger partial charge in [0.05, 0.1) is 4.75 Å². The molecule has 0 N–H and O–H groups in total. The number of hydrogen-bond acceptors (Lipinski definition) is 2. The summed E-state index contributed by atoms with van der Waals surface area (Å²) in [5.41, 5.74) is 0. The lowest BCUT2D eigenvalue weighted by molar-refractivity contribution is -0.119. The number of ketones is 1. The van der Waals surface area contributed by atoms with Gasteiger partial charge in [-0.25, -0.2) is 0 Å². The van der Waals surface area contributed by atoms with Gasteiger partial charge in [-0.1, -0.05) is 39.0 Å². The van der Waals surface area contributed by atoms with Gasteiger partial charge in [-0.3, -0.25) is 4.79 Å². The molecule has 0 heterocycles. The maximum atomic E-state index is 11.1. The molecule has 13 heavy (non-hydrogen) atoms. The Morgan fingerprint density at radius 2 is 1.77 bits per heavy atom. The third-order valence-corrected chi connectivity index (χ3v) is 3.06. The van der Waals surface area contributed by atoms with Gasteiger partial charge in [0.1, 0.15) is 5.78 Å². The Bertz CT molecular complexity index is 152. The van der Waals surface area contributed by atoms with Gasteiger partial charge in [0.25, 0.3) is 0 Å². The first-order valence-electron chi connectivity index (χ1n) is 5.24. The van der Waals surface area contributed by atoms with Crippen molar-refractivity contribution in [2.24, 2.45) is 0 Å². The van der Waals surface area contributed by atoms with Crippen LogP contribution in [-0.4, -0.2) is 10.5 Å². The molecular weight excluding hydrogens is 180 g/mol. The molecule has 0 aliphatic heterocycles. The van der Waals surface area contributed by atoms with Crippen LogP contribution in [0.1, 0.15) is 59.3 Å². The fourth-order valence-corrected chi connectivity index (χ4v) is 1.41. The number of hydrogen-bond donors (Lipinski definition) is 1. The van der Waals surface area contributed by atoms with E-state index in [1.54, 1.807) is 6.92 Å². The number of Topliss-reactive ketones (excluding diaryl/α,β-unsaturated/α-hetero) is 1. The van der Waals surface area contributed by atoms with Gasteiger partial charge in [-0.2, -0.15) is 12.6 Å². The maximum Gasteiger partial charge on any atom is 0.145 e. The van der Waals surface area contributed by atoms with Gasteiger partial charge < -0.3 is 0 Å². The Morgan fingerprint density at radius 1 is 1.23 bits per heavy atom. The van der Waals surface area contributed by atoms with Crippen molar-refractivity contribution in [1.29, 1.82) is 0 Å². The zero-order valence-electron chi connectivity index (χ0n) is 9.10. The molecule has 0 aromatic rings. The molecule has 0 fully saturated rings. The molecule has 0 aromatic heterocycles. The number of thiol groups is 1. The normalized spacial score (nSPS) is 15.4. The van der Waals surface area contributed by atoms with Crippen molar-refractivity contribution in [3.05, 3.63) is 0 Å². The summed E-state index contributed by atoms with van der Waals surface area (Å²) in [6, 6.07) is 0. The summed E-state index contributed by atoms with van der Waals surface area (Å²) in [4.78, 5) is 11.1. The van der Waals surface area contributed by atoms with Gasteiger partial charge in [0, 0.05) is 0 Å². The summed E-state index contributed by atoms with van der Waals surface area (Å²) in [6.07, 6.45) is 7.14. The first kappa shape index (κ1) is 13.0. The van der Waals surface area contributed by atoms with E-state index >= 15 is 0 Å². The van der Waals surface area contributed by atoms with Crippen molar-refractivity contribution in [2.45, 2.75) is 64.0 Å². The zero-order chi connectivity index (χ0) is 10.3. The van der Waals surface area contributed by atoms with Gasteiger partial charge in [0.15, 0.2) is 0 Å². The van der Waals surface area contributed by atoms with E-state index < -0.39 is 4.75 Å². The molecule has 0 amide bonds. The van der Waals surface area contributed by atoms with Crippen LogP contribution in [0.3, 0.4) is 0 Å².